The molecule has 2 N–H and O–H groups in total. The Bertz CT molecular complexity index is 134. The quantitative estimate of drug-likeness (QED) is 0.305. The third-order valence-electron chi connectivity index (χ3n) is 1.50. The minimum atomic E-state index is 0.163. The first kappa shape index (κ1) is 8.29. The molecule has 1 aliphatic rings. The van der Waals surface area contributed by atoms with Crippen molar-refractivity contribution >= 4 is 6.02 Å². The van der Waals surface area contributed by atoms with Gasteiger partial charge >= 0.3 is 6.02 Å². The Morgan fingerprint density at radius 3 is 2.73 bits per heavy atom. The fourth-order valence-corrected chi connectivity index (χ4v) is 0.928. The lowest BCUT2D eigenvalue weighted by Gasteiger charge is -2.27. The van der Waals surface area contributed by atoms with E-state index < -0.39 is 0 Å². The van der Waals surface area contributed by atoms with Crippen LogP contribution < -0.4 is 5.48 Å². The van der Waals surface area contributed by atoms with Crippen molar-refractivity contribution in [2.45, 2.75) is 0 Å². The van der Waals surface area contributed by atoms with Crippen molar-refractivity contribution in [2.75, 3.05) is 33.4 Å². The molecule has 0 saturated carbocycles. The van der Waals surface area contributed by atoms with Gasteiger partial charge in [0.1, 0.15) is 0 Å². The van der Waals surface area contributed by atoms with Gasteiger partial charge in [0.05, 0.1) is 13.2 Å². The molecule has 5 nitrogen and oxygen atoms in total. The first-order valence-electron chi connectivity index (χ1n) is 3.59. The van der Waals surface area contributed by atoms with Gasteiger partial charge in [-0.2, -0.15) is 5.48 Å². The van der Waals surface area contributed by atoms with Gasteiger partial charge in [0.15, 0.2) is 0 Å². The summed E-state index contributed by atoms with van der Waals surface area (Å²) in [5, 5.41) is 7.37. The number of rotatable bonds is 1. The predicted molar refractivity (Wildman–Crippen MR) is 40.3 cm³/mol. The second-order valence-electron chi connectivity index (χ2n) is 2.21. The van der Waals surface area contributed by atoms with Gasteiger partial charge in [-0.1, -0.05) is 0 Å². The zero-order valence-electron chi connectivity index (χ0n) is 6.59. The Morgan fingerprint density at radius 2 is 2.18 bits per heavy atom. The Morgan fingerprint density at radius 1 is 1.55 bits per heavy atom. The summed E-state index contributed by atoms with van der Waals surface area (Å²) in [6.45, 7) is 2.83. The molecule has 0 aromatic carbocycles. The van der Waals surface area contributed by atoms with E-state index in [4.69, 9.17) is 15.0 Å². The highest BCUT2D eigenvalue weighted by Gasteiger charge is 2.14. The van der Waals surface area contributed by atoms with Gasteiger partial charge in [-0.15, -0.1) is 0 Å². The normalized spacial score (nSPS) is 18.1. The maximum Gasteiger partial charge on any atom is 0.304 e. The van der Waals surface area contributed by atoms with Gasteiger partial charge in [-0.25, -0.2) is 5.41 Å². The van der Waals surface area contributed by atoms with Crippen LogP contribution in [-0.4, -0.2) is 44.3 Å². The third-order valence-corrected chi connectivity index (χ3v) is 1.50. The van der Waals surface area contributed by atoms with Gasteiger partial charge in [0, 0.05) is 20.1 Å². The summed E-state index contributed by atoms with van der Waals surface area (Å²) in [6.07, 6.45) is 0. The number of hydroxylamine groups is 1. The molecular formula is C6H13N3O2. The van der Waals surface area contributed by atoms with Crippen LogP contribution in [-0.2, 0) is 9.57 Å². The molecule has 11 heavy (non-hydrogen) atoms. The van der Waals surface area contributed by atoms with Crippen LogP contribution in [0.5, 0.6) is 0 Å². The summed E-state index contributed by atoms with van der Waals surface area (Å²) in [6, 6.07) is 0.163. The zero-order chi connectivity index (χ0) is 8.10. The Balaban J connectivity index is 2.27. The average Bonchev–Trinajstić information content (AvgIpc) is 2.07. The van der Waals surface area contributed by atoms with E-state index in [2.05, 4.69) is 5.48 Å². The van der Waals surface area contributed by atoms with Gasteiger partial charge in [0.25, 0.3) is 0 Å². The summed E-state index contributed by atoms with van der Waals surface area (Å²) < 4.78 is 5.11. The smallest absolute Gasteiger partial charge is 0.304 e. The third kappa shape index (κ3) is 2.36. The van der Waals surface area contributed by atoms with Crippen LogP contribution in [0.4, 0.5) is 0 Å². The van der Waals surface area contributed by atoms with E-state index in [1.54, 1.807) is 7.05 Å². The number of ether oxygens (including phenoxy) is 1. The van der Waals surface area contributed by atoms with Crippen molar-refractivity contribution in [3.63, 3.8) is 0 Å². The maximum absolute atomic E-state index is 7.37. The van der Waals surface area contributed by atoms with E-state index in [-0.39, 0.29) is 6.02 Å². The number of hydrogen-bond donors (Lipinski definition) is 2. The minimum Gasteiger partial charge on any atom is -0.378 e. The van der Waals surface area contributed by atoms with Crippen LogP contribution in [0.1, 0.15) is 0 Å². The Labute approximate surface area is 65.7 Å². The van der Waals surface area contributed by atoms with Crippen LogP contribution in [0.3, 0.4) is 0 Å². The fraction of sp³-hybridized carbons (Fsp3) is 0.833. The van der Waals surface area contributed by atoms with Crippen molar-refractivity contribution in [3.8, 4) is 0 Å². The van der Waals surface area contributed by atoms with Crippen molar-refractivity contribution in [3.05, 3.63) is 0 Å². The minimum absolute atomic E-state index is 0.163. The number of hydrogen-bond acceptors (Lipinski definition) is 4. The van der Waals surface area contributed by atoms with Crippen LogP contribution in [0, 0.1) is 5.41 Å². The Hall–Kier alpha value is -0.810. The summed E-state index contributed by atoms with van der Waals surface area (Å²) in [5.41, 5.74) is 2.46. The van der Waals surface area contributed by atoms with Gasteiger partial charge < -0.3 is 14.5 Å². The van der Waals surface area contributed by atoms with Gasteiger partial charge in [-0.3, -0.25) is 0 Å². The predicted octanol–water partition coefficient (Wildman–Crippen LogP) is -0.596. The molecule has 0 spiro atoms. The Kier molecular flexibility index (Phi) is 3.13. The molecule has 1 saturated heterocycles. The largest absolute Gasteiger partial charge is 0.378 e. The van der Waals surface area contributed by atoms with Crippen molar-refractivity contribution in [1.29, 1.82) is 5.41 Å². The molecule has 0 aliphatic carbocycles. The van der Waals surface area contributed by atoms with Crippen molar-refractivity contribution < 1.29 is 9.57 Å². The fourth-order valence-electron chi connectivity index (χ4n) is 0.928. The highest BCUT2D eigenvalue weighted by Crippen LogP contribution is 1.96. The lowest BCUT2D eigenvalue weighted by Crippen LogP contribution is -2.42. The first-order chi connectivity index (χ1) is 5.34. The molecule has 0 aromatic rings. The molecule has 0 radical (unpaired) electrons. The lowest BCUT2D eigenvalue weighted by atomic mass is 10.5. The highest BCUT2D eigenvalue weighted by molar-refractivity contribution is 5.69. The number of morpholine rings is 1. The lowest BCUT2D eigenvalue weighted by molar-refractivity contribution is 0.0467. The van der Waals surface area contributed by atoms with Crippen molar-refractivity contribution in [1.82, 2.24) is 10.4 Å². The van der Waals surface area contributed by atoms with E-state index in [0.29, 0.717) is 13.2 Å². The zero-order valence-corrected chi connectivity index (χ0v) is 6.59. The molecule has 0 atom stereocenters. The van der Waals surface area contributed by atoms with Crippen LogP contribution in [0.2, 0.25) is 0 Å². The summed E-state index contributed by atoms with van der Waals surface area (Å²) in [4.78, 5) is 6.60. The molecule has 0 amide bonds. The number of nitrogens with one attached hydrogen (secondary N) is 2. The monoisotopic (exact) mass is 159 g/mol. The molecule has 0 unspecified atom stereocenters. The van der Waals surface area contributed by atoms with Crippen molar-refractivity contribution in [2.24, 2.45) is 0 Å². The molecule has 5 heteroatoms. The second-order valence-corrected chi connectivity index (χ2v) is 2.21. The second kappa shape index (κ2) is 4.15. The summed E-state index contributed by atoms with van der Waals surface area (Å²) in [5.74, 6) is 0. The van der Waals surface area contributed by atoms with Gasteiger partial charge in [-0.05, 0) is 0 Å². The highest BCUT2D eigenvalue weighted by atomic mass is 16.7. The topological polar surface area (TPSA) is 57.6 Å². The standard InChI is InChI=1S/C6H13N3O2/c1-8-11-6(7)9-2-4-10-5-3-9/h7-8H,2-5H2,1H3. The van der Waals surface area contributed by atoms with Crippen LogP contribution in [0.25, 0.3) is 0 Å². The van der Waals surface area contributed by atoms with Crippen LogP contribution in [0.15, 0.2) is 0 Å². The van der Waals surface area contributed by atoms with E-state index in [1.165, 1.54) is 0 Å². The number of nitrogens with zero attached hydrogens (tertiary/aromatic N) is 1. The van der Waals surface area contributed by atoms with E-state index in [1.807, 2.05) is 4.90 Å². The maximum atomic E-state index is 7.37. The van der Waals surface area contributed by atoms with Gasteiger partial charge in [0.2, 0.25) is 0 Å². The molecule has 1 fully saturated rings. The molecule has 1 aliphatic heterocycles. The molecular weight excluding hydrogens is 146 g/mol. The molecule has 64 valence electrons. The molecule has 1 rings (SSSR count). The summed E-state index contributed by atoms with van der Waals surface area (Å²) in [7, 11) is 1.63. The van der Waals surface area contributed by atoms with E-state index >= 15 is 0 Å². The van der Waals surface area contributed by atoms with E-state index in [9.17, 15) is 0 Å². The van der Waals surface area contributed by atoms with Crippen LogP contribution >= 0.6 is 0 Å². The number of amidine groups is 1. The first-order valence-corrected chi connectivity index (χ1v) is 3.59. The van der Waals surface area contributed by atoms with E-state index in [0.717, 1.165) is 13.1 Å². The molecule has 0 aromatic heterocycles. The average molecular weight is 159 g/mol. The SMILES string of the molecule is CNOC(=N)N1CCOCC1. The molecule has 0 bridgehead atoms. The molecule has 1 heterocycles. The summed E-state index contributed by atoms with van der Waals surface area (Å²) >= 11 is 0.